The van der Waals surface area contributed by atoms with Gasteiger partial charge in [0, 0.05) is 59.3 Å². The molecule has 12 heterocycles. The average molecular weight is 1590 g/mol. The van der Waals surface area contributed by atoms with Gasteiger partial charge >= 0.3 is 0 Å². The summed E-state index contributed by atoms with van der Waals surface area (Å²) in [5.74, 6) is 1.90. The predicted molar refractivity (Wildman–Crippen MR) is 434 cm³/mol. The molecular formula is C78H70Cl4F2N24O4. The largest absolute Gasteiger partial charge is 0.368 e. The monoisotopic (exact) mass is 1580 g/mol. The molecule has 4 aliphatic carbocycles. The summed E-state index contributed by atoms with van der Waals surface area (Å²) in [6.45, 7) is 7.87. The van der Waals surface area contributed by atoms with E-state index in [9.17, 15) is 28.0 Å². The third-order valence-corrected chi connectivity index (χ3v) is 21.8. The van der Waals surface area contributed by atoms with Gasteiger partial charge in [0.25, 0.3) is 28.3 Å². The Hall–Kier alpha value is -12.1. The van der Waals surface area contributed by atoms with Crippen molar-refractivity contribution in [1.82, 2.24) is 88.0 Å². The minimum absolute atomic E-state index is 0.0387. The number of benzene rings is 4. The summed E-state index contributed by atoms with van der Waals surface area (Å²) in [7, 11) is 0. The molecule has 28 nitrogen and oxygen atoms in total. The lowest BCUT2D eigenvalue weighted by Gasteiger charge is -2.21. The predicted octanol–water partition coefficient (Wildman–Crippen LogP) is 16.0. The Bertz CT molecular complexity index is 6330. The van der Waals surface area contributed by atoms with E-state index >= 15 is 0 Å². The van der Waals surface area contributed by atoms with Crippen molar-refractivity contribution in [3.8, 4) is 0 Å². The molecule has 0 amide bonds. The van der Waals surface area contributed by atoms with Crippen molar-refractivity contribution >= 4 is 169 Å². The molecule has 0 bridgehead atoms. The Labute approximate surface area is 652 Å². The van der Waals surface area contributed by atoms with Crippen LogP contribution in [0.5, 0.6) is 0 Å². The van der Waals surface area contributed by atoms with Crippen molar-refractivity contribution < 1.29 is 8.78 Å². The number of hydrogen-bond donors (Lipinski definition) is 10. The number of nitrogens with zero attached hydrogens (tertiary/aromatic N) is 14. The zero-order valence-corrected chi connectivity index (χ0v) is 63.3. The van der Waals surface area contributed by atoms with Gasteiger partial charge in [-0.1, -0.05) is 94.9 Å². The fraction of sp³-hybridized carbons (Fsp3) is 0.256. The van der Waals surface area contributed by atoms with Crippen LogP contribution in [-0.4, -0.2) is 88.0 Å². The molecule has 34 heteroatoms. The number of anilines is 6. The number of H-pyrrole nitrogens is 4. The van der Waals surface area contributed by atoms with Gasteiger partial charge in [-0.2, -0.15) is 29.3 Å². The molecule has 16 aromatic rings. The maximum Gasteiger partial charge on any atom is 0.289 e. The molecule has 0 spiro atoms. The van der Waals surface area contributed by atoms with Gasteiger partial charge in [-0.25, -0.2) is 29.3 Å². The smallest absolute Gasteiger partial charge is 0.289 e. The van der Waals surface area contributed by atoms with Gasteiger partial charge in [0.05, 0.1) is 82.9 Å². The van der Waals surface area contributed by atoms with Gasteiger partial charge in [0.1, 0.15) is 46.6 Å². The molecule has 0 radical (unpaired) electrons. The lowest BCUT2D eigenvalue weighted by Crippen LogP contribution is -2.26. The van der Waals surface area contributed by atoms with Crippen LogP contribution < -0.4 is 55.0 Å². The molecule has 4 fully saturated rings. The fourth-order valence-electron chi connectivity index (χ4n) is 14.7. The molecular weight excluding hydrogens is 1520 g/mol. The molecule has 112 heavy (non-hydrogen) atoms. The van der Waals surface area contributed by atoms with E-state index in [1.54, 1.807) is 36.8 Å². The third-order valence-electron chi connectivity index (χ3n) is 20.5. The first-order valence-corrected chi connectivity index (χ1v) is 38.0. The molecule has 20 rings (SSSR count). The number of nitrogens with one attached hydrogen (secondary N) is 8. The van der Waals surface area contributed by atoms with E-state index in [0.29, 0.717) is 98.3 Å². The molecule has 4 saturated carbocycles. The second kappa shape index (κ2) is 29.3. The summed E-state index contributed by atoms with van der Waals surface area (Å²) in [6, 6.07) is 31.7. The lowest BCUT2D eigenvalue weighted by molar-refractivity contribution is 0.556. The highest BCUT2D eigenvalue weighted by Crippen LogP contribution is 2.43. The van der Waals surface area contributed by atoms with Crippen LogP contribution in [-0.2, 0) is 0 Å². The van der Waals surface area contributed by atoms with E-state index in [2.05, 4.69) is 91.0 Å². The third kappa shape index (κ3) is 13.9. The second-order valence-electron chi connectivity index (χ2n) is 28.4. The van der Waals surface area contributed by atoms with E-state index < -0.39 is 11.9 Å². The van der Waals surface area contributed by atoms with Crippen molar-refractivity contribution in [3.63, 3.8) is 0 Å². The number of nitrogen functional groups attached to an aromatic ring is 2. The summed E-state index contributed by atoms with van der Waals surface area (Å²) in [5.41, 5.74) is 17.7. The fourth-order valence-corrected chi connectivity index (χ4v) is 15.7. The van der Waals surface area contributed by atoms with Crippen LogP contribution in [0.3, 0.4) is 0 Å². The molecule has 0 unspecified atom stereocenters. The molecule has 0 saturated heterocycles. The number of nitrogens with two attached hydrogens (primary N) is 2. The van der Waals surface area contributed by atoms with Gasteiger partial charge in [-0.15, -0.1) is 0 Å². The molecule has 12 N–H and O–H groups in total. The Kier molecular flexibility index (Phi) is 19.0. The summed E-state index contributed by atoms with van der Waals surface area (Å²) in [5, 5.41) is 21.8. The molecule has 4 aromatic carbocycles. The van der Waals surface area contributed by atoms with Crippen molar-refractivity contribution in [3.05, 3.63) is 231 Å². The highest BCUT2D eigenvalue weighted by Gasteiger charge is 2.35. The van der Waals surface area contributed by atoms with Crippen molar-refractivity contribution in [2.24, 2.45) is 0 Å². The van der Waals surface area contributed by atoms with E-state index in [1.807, 2.05) is 125 Å². The van der Waals surface area contributed by atoms with Crippen LogP contribution in [0.15, 0.2) is 154 Å². The van der Waals surface area contributed by atoms with Gasteiger partial charge in [-0.3, -0.25) is 19.2 Å². The maximum atomic E-state index is 14.2. The molecule has 4 atom stereocenters. The number of rotatable bonds is 16. The Morgan fingerprint density at radius 2 is 0.830 bits per heavy atom. The first kappa shape index (κ1) is 72.7. The van der Waals surface area contributed by atoms with Crippen LogP contribution in [0, 0.1) is 11.9 Å². The minimum atomic E-state index is -0.721. The number of imidazole rings is 2. The molecule has 4 aliphatic rings. The zero-order valence-electron chi connectivity index (χ0n) is 60.3. The van der Waals surface area contributed by atoms with Gasteiger partial charge in [0.2, 0.25) is 11.9 Å². The summed E-state index contributed by atoms with van der Waals surface area (Å²) < 4.78 is 35.0. The van der Waals surface area contributed by atoms with Gasteiger partial charge < -0.3 is 70.9 Å². The van der Waals surface area contributed by atoms with Gasteiger partial charge in [-0.05, 0) is 155 Å². The quantitative estimate of drug-likeness (QED) is 0.0402. The van der Waals surface area contributed by atoms with Crippen molar-refractivity contribution in [1.29, 1.82) is 0 Å². The van der Waals surface area contributed by atoms with E-state index in [0.717, 1.165) is 101 Å². The van der Waals surface area contributed by atoms with Crippen molar-refractivity contribution in [2.45, 2.75) is 127 Å². The van der Waals surface area contributed by atoms with Crippen LogP contribution in [0.2, 0.25) is 20.1 Å². The Morgan fingerprint density at radius 1 is 0.429 bits per heavy atom. The number of aromatic nitrogens is 18. The normalized spacial score (nSPS) is 15.2. The topological polar surface area (TPSA) is 380 Å². The second-order valence-corrected chi connectivity index (χ2v) is 30.0. The molecule has 0 aliphatic heterocycles. The van der Waals surface area contributed by atoms with Crippen LogP contribution in [0.1, 0.15) is 150 Å². The molecule has 568 valence electrons. The first-order valence-electron chi connectivity index (χ1n) is 36.4. The summed E-state index contributed by atoms with van der Waals surface area (Å²) >= 11 is 25.2. The maximum absolute atomic E-state index is 14.2. The van der Waals surface area contributed by atoms with Gasteiger partial charge in [0.15, 0.2) is 28.7 Å². The Balaban J connectivity index is 0.000000108. The number of aromatic amines is 4. The van der Waals surface area contributed by atoms with Crippen LogP contribution in [0.4, 0.5) is 43.9 Å². The lowest BCUT2D eigenvalue weighted by atomic mass is 10.1. The standard InChI is InChI=1S/C20H17ClFN5O.C20H19ClN6O.C19H16ClFN6O.C19H18ClN7O/c1-10(26-19-17-14(22)8-23-18(17)24-9-25-19)15-7-11-3-2-4-13(21)16(11)20(28)27(15)12-5-6-12;1-10(24-18-13-7-8-23-17(13)25-20(22)26-18)15-9-11-3-2-4-14(21)16(11)19(28)27(15)12-5-6-12;1-9(24-16-15-17(23-8-22-16)26-19(21)25-15)13-7-10-3-2-4-12(20)14(10)18(28)27(13)11-5-6-11;1-9(24-17-15-16(23-8-22-15)25-19(21)26-17)13-7-10-3-2-4-12(20)14(10)18(28)27(13)11-5-6-11/h2-4,7-10,12H,5-6H2,1H3,(H2,23,24,25,26);2-4,7-10,12H,5-6H2,1H3,(H4,22,23,24,25,26);2-4,7-9,11H,5-6H2,1H3,(H2,22,23,24,25,26);2-4,7-9,11H,5-6H2,1H3,(H4,21,22,23,24,25,26)/t2*10-;2*9-/m0000/s1. The van der Waals surface area contributed by atoms with E-state index in [4.69, 9.17) is 57.9 Å². The molecule has 12 aromatic heterocycles. The zero-order chi connectivity index (χ0) is 77.7. The number of pyridine rings is 4. The summed E-state index contributed by atoms with van der Waals surface area (Å²) in [6.07, 6.45) is 14.4. The number of fused-ring (bicyclic) bond motifs is 8. The summed E-state index contributed by atoms with van der Waals surface area (Å²) in [4.78, 5) is 105. The van der Waals surface area contributed by atoms with Crippen molar-refractivity contribution in [2.75, 3.05) is 32.7 Å². The van der Waals surface area contributed by atoms with Crippen LogP contribution in [0.25, 0.3) is 87.5 Å². The van der Waals surface area contributed by atoms with E-state index in [-0.39, 0.29) is 88.1 Å². The first-order chi connectivity index (χ1) is 54.1. The van der Waals surface area contributed by atoms with Crippen LogP contribution >= 0.6 is 46.4 Å². The average Bonchev–Trinajstić information content (AvgIpc) is 1.76. The Morgan fingerprint density at radius 3 is 1.29 bits per heavy atom. The highest BCUT2D eigenvalue weighted by molar-refractivity contribution is 6.36. The number of halogens is 6. The minimum Gasteiger partial charge on any atom is -0.368 e. The highest BCUT2D eigenvalue weighted by atomic mass is 35.5. The van der Waals surface area contributed by atoms with E-state index in [1.165, 1.54) is 18.9 Å². The number of hydrogen-bond acceptors (Lipinski definition) is 20. The SMILES string of the molecule is C[C@H](Nc1nc(N)nc2[nH]ccc12)c1cc2cccc(Cl)c2c(=O)n1C1CC1.C[C@H](Nc1nc(N)nc2nc[nH]c12)c1cc2cccc(Cl)c2c(=O)n1C1CC1.C[C@H](Nc1ncnc2[nH]cc(F)c12)c1cc2cccc(Cl)c2c(=O)n1C1CC1.C[C@H](Nc1ncnc2nc(F)[nH]c12)c1cc2cccc(Cl)c2c(=O)n1C1CC1.